The average Bonchev–Trinajstić information content (AvgIpc) is 2.71. The highest BCUT2D eigenvalue weighted by atomic mass is 127. The molecule has 2 rings (SSSR count). The molecule has 5 nitrogen and oxygen atoms in total. The summed E-state index contributed by atoms with van der Waals surface area (Å²) in [7, 11) is 0. The van der Waals surface area contributed by atoms with Gasteiger partial charge in [-0.1, -0.05) is 6.92 Å². The lowest BCUT2D eigenvalue weighted by atomic mass is 10.1. The van der Waals surface area contributed by atoms with E-state index in [1.54, 1.807) is 6.20 Å². The van der Waals surface area contributed by atoms with Crippen LogP contribution in [0.25, 0.3) is 0 Å². The predicted molar refractivity (Wildman–Crippen MR) is 62.6 cm³/mol. The summed E-state index contributed by atoms with van der Waals surface area (Å²) in [5.74, 6) is 1.15. The summed E-state index contributed by atoms with van der Waals surface area (Å²) < 4.78 is 0.937. The number of nitrogens with zero attached hydrogens (tertiary/aromatic N) is 2. The molecule has 82 valence electrons. The summed E-state index contributed by atoms with van der Waals surface area (Å²) in [6.45, 7) is 2.65. The Morgan fingerprint density at radius 2 is 2.53 bits per heavy atom. The van der Waals surface area contributed by atoms with E-state index < -0.39 is 6.09 Å². The van der Waals surface area contributed by atoms with Crippen molar-refractivity contribution in [1.29, 1.82) is 0 Å². The minimum absolute atomic E-state index is 0.110. The maximum Gasteiger partial charge on any atom is 0.407 e. The molecule has 0 aromatic carbocycles. The van der Waals surface area contributed by atoms with Crippen LogP contribution in [0, 0.1) is 9.62 Å². The predicted octanol–water partition coefficient (Wildman–Crippen LogP) is 2.08. The first-order valence-corrected chi connectivity index (χ1v) is 5.85. The second-order valence-corrected chi connectivity index (χ2v) is 5.07. The van der Waals surface area contributed by atoms with E-state index in [9.17, 15) is 4.79 Å². The molecule has 2 atom stereocenters. The smallest absolute Gasteiger partial charge is 0.407 e. The molecule has 2 N–H and O–H groups in total. The number of likely N-dealkylation sites (tertiary alicyclic amines) is 1. The van der Waals surface area contributed by atoms with Gasteiger partial charge in [0.2, 0.25) is 0 Å². The number of rotatable bonds is 1. The van der Waals surface area contributed by atoms with Crippen LogP contribution in [0.2, 0.25) is 0 Å². The van der Waals surface area contributed by atoms with Crippen LogP contribution in [0.5, 0.6) is 0 Å². The van der Waals surface area contributed by atoms with Gasteiger partial charge in [0.1, 0.15) is 5.82 Å². The third kappa shape index (κ3) is 2.09. The van der Waals surface area contributed by atoms with Gasteiger partial charge in [-0.3, -0.25) is 4.90 Å². The maximum absolute atomic E-state index is 11.0. The molecule has 6 heteroatoms. The van der Waals surface area contributed by atoms with E-state index in [0.717, 1.165) is 15.9 Å². The van der Waals surface area contributed by atoms with E-state index in [1.165, 1.54) is 4.90 Å². The summed E-state index contributed by atoms with van der Waals surface area (Å²) >= 11 is 2.13. The second-order valence-electron chi connectivity index (χ2n) is 3.91. The van der Waals surface area contributed by atoms with Crippen LogP contribution in [0.15, 0.2) is 6.20 Å². The van der Waals surface area contributed by atoms with Crippen molar-refractivity contribution in [2.45, 2.75) is 19.4 Å². The molecule has 1 aliphatic heterocycles. The number of halogens is 1. The zero-order chi connectivity index (χ0) is 11.0. The molecule has 1 aromatic heterocycles. The highest BCUT2D eigenvalue weighted by Gasteiger charge is 2.35. The van der Waals surface area contributed by atoms with Crippen LogP contribution < -0.4 is 0 Å². The fourth-order valence-corrected chi connectivity index (χ4v) is 2.41. The molecule has 1 fully saturated rings. The van der Waals surface area contributed by atoms with Crippen LogP contribution in [0.1, 0.15) is 25.2 Å². The fourth-order valence-electron chi connectivity index (χ4n) is 2.00. The number of carboxylic acid groups (broad SMARTS) is 1. The molecule has 0 saturated carbocycles. The van der Waals surface area contributed by atoms with Crippen LogP contribution >= 0.6 is 22.6 Å². The average molecular weight is 321 g/mol. The van der Waals surface area contributed by atoms with Crippen LogP contribution in [0.4, 0.5) is 4.79 Å². The Kier molecular flexibility index (Phi) is 2.85. The zero-order valence-corrected chi connectivity index (χ0v) is 10.4. The number of aromatic nitrogens is 2. The van der Waals surface area contributed by atoms with Gasteiger partial charge >= 0.3 is 6.09 Å². The Bertz CT molecular complexity index is 379. The van der Waals surface area contributed by atoms with Crippen molar-refractivity contribution in [3.05, 3.63) is 15.7 Å². The minimum Gasteiger partial charge on any atom is -0.465 e. The lowest BCUT2D eigenvalue weighted by molar-refractivity contribution is 0.138. The number of amides is 1. The highest BCUT2D eigenvalue weighted by molar-refractivity contribution is 14.1. The van der Waals surface area contributed by atoms with Gasteiger partial charge in [0.05, 0.1) is 15.9 Å². The first-order chi connectivity index (χ1) is 7.08. The molecule has 1 saturated heterocycles. The number of imidazole rings is 1. The van der Waals surface area contributed by atoms with Crippen LogP contribution in [-0.4, -0.2) is 32.6 Å². The van der Waals surface area contributed by atoms with Gasteiger partial charge in [0.25, 0.3) is 0 Å². The minimum atomic E-state index is -0.865. The van der Waals surface area contributed by atoms with Crippen molar-refractivity contribution in [3.8, 4) is 0 Å². The van der Waals surface area contributed by atoms with E-state index >= 15 is 0 Å². The Morgan fingerprint density at radius 1 is 1.80 bits per heavy atom. The summed E-state index contributed by atoms with van der Waals surface area (Å²) in [6, 6.07) is -0.110. The van der Waals surface area contributed by atoms with E-state index in [1.807, 2.05) is 0 Å². The number of hydrogen-bond acceptors (Lipinski definition) is 2. The molecule has 0 radical (unpaired) electrons. The summed E-state index contributed by atoms with van der Waals surface area (Å²) in [4.78, 5) is 19.8. The summed E-state index contributed by atoms with van der Waals surface area (Å²) in [5.41, 5.74) is 0. The van der Waals surface area contributed by atoms with E-state index in [2.05, 4.69) is 39.5 Å². The number of H-pyrrole nitrogens is 1. The lowest BCUT2D eigenvalue weighted by Crippen LogP contribution is -2.29. The van der Waals surface area contributed by atoms with Crippen molar-refractivity contribution < 1.29 is 9.90 Å². The van der Waals surface area contributed by atoms with Gasteiger partial charge < -0.3 is 10.1 Å². The van der Waals surface area contributed by atoms with Crippen molar-refractivity contribution in [3.63, 3.8) is 0 Å². The molecule has 1 aromatic rings. The number of nitrogens with one attached hydrogen (secondary N) is 1. The Hall–Kier alpha value is -0.790. The molecule has 1 amide bonds. The normalized spacial score (nSPS) is 25.9. The maximum atomic E-state index is 11.0. The van der Waals surface area contributed by atoms with Crippen molar-refractivity contribution in [2.75, 3.05) is 6.54 Å². The van der Waals surface area contributed by atoms with Crippen molar-refractivity contribution in [2.24, 2.45) is 5.92 Å². The molecule has 0 bridgehead atoms. The van der Waals surface area contributed by atoms with E-state index in [0.29, 0.717) is 12.5 Å². The Balaban J connectivity index is 2.24. The van der Waals surface area contributed by atoms with Gasteiger partial charge in [-0.2, -0.15) is 0 Å². The fraction of sp³-hybridized carbons (Fsp3) is 0.556. The topological polar surface area (TPSA) is 69.2 Å². The van der Waals surface area contributed by atoms with Gasteiger partial charge in [-0.25, -0.2) is 9.78 Å². The number of carbonyl (C=O) groups is 1. The van der Waals surface area contributed by atoms with Crippen LogP contribution in [0.3, 0.4) is 0 Å². The zero-order valence-electron chi connectivity index (χ0n) is 8.27. The molecule has 15 heavy (non-hydrogen) atoms. The monoisotopic (exact) mass is 321 g/mol. The Morgan fingerprint density at radius 3 is 3.07 bits per heavy atom. The van der Waals surface area contributed by atoms with Gasteiger partial charge in [-0.15, -0.1) is 0 Å². The number of hydrogen-bond donors (Lipinski definition) is 2. The SMILES string of the molecule is C[C@@H]1C[C@@H](c2ncc(I)[nH]2)N(C(=O)O)C1. The molecular formula is C9H12IN3O2. The molecule has 1 aliphatic rings. The van der Waals surface area contributed by atoms with Crippen molar-refractivity contribution >= 4 is 28.7 Å². The lowest BCUT2D eigenvalue weighted by Gasteiger charge is -2.19. The third-order valence-corrected chi connectivity index (χ3v) is 3.18. The molecule has 2 heterocycles. The van der Waals surface area contributed by atoms with Gasteiger partial charge in [-0.05, 0) is 34.9 Å². The highest BCUT2D eigenvalue weighted by Crippen LogP contribution is 2.33. The van der Waals surface area contributed by atoms with E-state index in [-0.39, 0.29) is 6.04 Å². The van der Waals surface area contributed by atoms with Crippen LogP contribution in [-0.2, 0) is 0 Å². The standard InChI is InChI=1S/C9H12IN3O2/c1-5-2-6(13(4-5)9(14)15)8-11-3-7(10)12-8/h3,5-6H,2,4H2,1H3,(H,11,12)(H,14,15)/t5-,6+/m1/s1. The quantitative estimate of drug-likeness (QED) is 0.778. The first-order valence-electron chi connectivity index (χ1n) is 4.78. The van der Waals surface area contributed by atoms with E-state index in [4.69, 9.17) is 5.11 Å². The third-order valence-electron chi connectivity index (χ3n) is 2.64. The molecule has 0 aliphatic carbocycles. The molecule has 0 spiro atoms. The Labute approximate surface area is 101 Å². The largest absolute Gasteiger partial charge is 0.465 e. The van der Waals surface area contributed by atoms with Gasteiger partial charge in [0.15, 0.2) is 0 Å². The number of aromatic amines is 1. The second kappa shape index (κ2) is 3.99. The summed E-state index contributed by atoms with van der Waals surface area (Å²) in [6.07, 6.45) is 1.70. The van der Waals surface area contributed by atoms with Crippen molar-refractivity contribution in [1.82, 2.24) is 14.9 Å². The molecule has 0 unspecified atom stereocenters. The van der Waals surface area contributed by atoms with Gasteiger partial charge in [0, 0.05) is 6.54 Å². The molecular weight excluding hydrogens is 309 g/mol. The first kappa shape index (κ1) is 10.7. The summed E-state index contributed by atoms with van der Waals surface area (Å²) in [5, 5.41) is 9.05.